The van der Waals surface area contributed by atoms with Gasteiger partial charge in [0.1, 0.15) is 25.6 Å². The van der Waals surface area contributed by atoms with E-state index in [0.717, 1.165) is 38.0 Å². The second-order valence-electron chi connectivity index (χ2n) is 7.22. The largest absolute Gasteiger partial charge is 0.396 e. The van der Waals surface area contributed by atoms with Gasteiger partial charge in [0.25, 0.3) is 0 Å². The van der Waals surface area contributed by atoms with E-state index in [0.29, 0.717) is 22.3 Å². The first-order valence-electron chi connectivity index (χ1n) is 11.6. The van der Waals surface area contributed by atoms with Crippen LogP contribution in [0.5, 0.6) is 0 Å². The van der Waals surface area contributed by atoms with Gasteiger partial charge in [-0.2, -0.15) is 4.99 Å². The first-order valence-corrected chi connectivity index (χ1v) is 14.6. The number of aryl methyl sites for hydroxylation is 1. The summed E-state index contributed by atoms with van der Waals surface area (Å²) in [5.41, 5.74) is 19.0. The summed E-state index contributed by atoms with van der Waals surface area (Å²) in [5.74, 6) is 1.29. The van der Waals surface area contributed by atoms with Crippen LogP contribution in [0.1, 0.15) is 5.82 Å². The van der Waals surface area contributed by atoms with Crippen molar-refractivity contribution in [2.75, 3.05) is 25.2 Å². The van der Waals surface area contributed by atoms with Gasteiger partial charge in [0.2, 0.25) is 0 Å². The number of nitrogens with zero attached hydrogens (tertiary/aromatic N) is 5. The van der Waals surface area contributed by atoms with Crippen LogP contribution in [-0.4, -0.2) is 49.2 Å². The predicted molar refractivity (Wildman–Crippen MR) is 172 cm³/mol. The normalized spacial score (nSPS) is 9.83. The maximum atomic E-state index is 12.7. The van der Waals surface area contributed by atoms with Gasteiger partial charge in [-0.25, -0.2) is 20.4 Å². The fourth-order valence-corrected chi connectivity index (χ4v) is 6.24. The number of hydrogen-bond donors (Lipinski definition) is 2. The summed E-state index contributed by atoms with van der Waals surface area (Å²) in [6, 6.07) is 3.77. The molecule has 4 aromatic rings. The molecule has 0 aliphatic heterocycles. The number of hydrogen-bond acceptors (Lipinski definition) is 10. The second-order valence-corrected chi connectivity index (χ2v) is 10.9. The highest BCUT2D eigenvalue weighted by Crippen LogP contribution is 2.42. The number of nitrogens with two attached hydrogens (primary N) is 1. The van der Waals surface area contributed by atoms with Gasteiger partial charge in [-0.15, -0.1) is 41.6 Å². The van der Waals surface area contributed by atoms with Crippen molar-refractivity contribution in [2.45, 2.75) is 11.1 Å². The number of nitrogens with one attached hydrogen (secondary N) is 1. The Morgan fingerprint density at radius 1 is 1.27 bits per heavy atom. The maximum Gasteiger partial charge on any atom is 0.141 e. The SMILES string of the molecule is C=C.C=C=C=C=C.C=C=CN=C=N.COCCS(=O)c1sc2nc(-c3nccs3)cc(-c3cnc(C)n3C)c2c1N. The van der Waals surface area contributed by atoms with E-state index in [-0.39, 0.29) is 0 Å². The number of aliphatic imine (C=N–C) groups is 1. The zero-order valence-corrected chi connectivity index (χ0v) is 25.6. The number of fused-ring (bicyclic) bond motifs is 1. The van der Waals surface area contributed by atoms with Crippen molar-refractivity contribution in [3.05, 3.63) is 91.7 Å². The van der Waals surface area contributed by atoms with E-state index in [9.17, 15) is 4.21 Å². The van der Waals surface area contributed by atoms with Gasteiger partial charge >= 0.3 is 0 Å². The summed E-state index contributed by atoms with van der Waals surface area (Å²) in [6.45, 7) is 18.0. The van der Waals surface area contributed by atoms with Crippen molar-refractivity contribution in [1.82, 2.24) is 19.5 Å². The van der Waals surface area contributed by atoms with Crippen molar-refractivity contribution in [1.29, 1.82) is 5.41 Å². The molecule has 1 unspecified atom stereocenters. The molecule has 0 saturated carbocycles. The average molecular weight is 606 g/mol. The summed E-state index contributed by atoms with van der Waals surface area (Å²) < 4.78 is 20.4. The molecule has 4 heterocycles. The fourth-order valence-electron chi connectivity index (χ4n) is 3.08. The van der Waals surface area contributed by atoms with Crippen LogP contribution in [-0.2, 0) is 22.6 Å². The number of ether oxygens (including phenoxy) is 1. The highest BCUT2D eigenvalue weighted by molar-refractivity contribution is 7.87. The molecule has 0 fully saturated rings. The minimum absolute atomic E-state index is 0.396. The van der Waals surface area contributed by atoms with E-state index in [4.69, 9.17) is 20.9 Å². The number of pyridine rings is 1. The molecule has 12 heteroatoms. The molecule has 4 aromatic heterocycles. The number of rotatable bonds is 7. The van der Waals surface area contributed by atoms with Crippen LogP contribution in [0.4, 0.5) is 5.69 Å². The third-order valence-corrected chi connectivity index (χ3v) is 8.56. The number of thiazole rings is 1. The van der Waals surface area contributed by atoms with Gasteiger partial charge < -0.3 is 15.0 Å². The van der Waals surface area contributed by atoms with Crippen LogP contribution in [0.2, 0.25) is 0 Å². The molecule has 212 valence electrons. The molecule has 0 bridgehead atoms. The minimum Gasteiger partial charge on any atom is -0.396 e. The van der Waals surface area contributed by atoms with E-state index >= 15 is 0 Å². The molecular formula is C29H31N7O2S3. The first kappa shape index (κ1) is 34.6. The van der Waals surface area contributed by atoms with Gasteiger partial charge in [-0.1, -0.05) is 18.0 Å². The monoisotopic (exact) mass is 605 g/mol. The Labute approximate surface area is 250 Å². The van der Waals surface area contributed by atoms with Gasteiger partial charge in [-0.05, 0) is 31.9 Å². The van der Waals surface area contributed by atoms with Gasteiger partial charge in [0, 0.05) is 36.7 Å². The summed E-state index contributed by atoms with van der Waals surface area (Å²) >= 11 is 2.90. The van der Waals surface area contributed by atoms with E-state index in [1.54, 1.807) is 19.3 Å². The first-order chi connectivity index (χ1) is 19.8. The molecule has 0 saturated heterocycles. The maximum absolute atomic E-state index is 12.7. The molecule has 0 aromatic carbocycles. The summed E-state index contributed by atoms with van der Waals surface area (Å²) in [7, 11) is 2.32. The lowest BCUT2D eigenvalue weighted by Crippen LogP contribution is -2.04. The smallest absolute Gasteiger partial charge is 0.141 e. The van der Waals surface area contributed by atoms with Crippen LogP contribution < -0.4 is 5.73 Å². The quantitative estimate of drug-likeness (QED) is 0.139. The number of nitrogen functional groups attached to an aromatic ring is 1. The zero-order valence-electron chi connectivity index (χ0n) is 23.2. The van der Waals surface area contributed by atoms with Crippen LogP contribution in [0, 0.1) is 12.3 Å². The molecule has 0 radical (unpaired) electrons. The van der Waals surface area contributed by atoms with Crippen molar-refractivity contribution >= 4 is 55.4 Å². The topological polar surface area (TPSA) is 132 Å². The van der Waals surface area contributed by atoms with Crippen molar-refractivity contribution < 1.29 is 8.95 Å². The van der Waals surface area contributed by atoms with Crippen LogP contribution >= 0.6 is 22.7 Å². The van der Waals surface area contributed by atoms with Crippen LogP contribution in [0.15, 0.2) is 95.1 Å². The summed E-state index contributed by atoms with van der Waals surface area (Å²) in [6.07, 6.45) is 4.86. The van der Waals surface area contributed by atoms with Gasteiger partial charge in [0.05, 0.1) is 52.9 Å². The third kappa shape index (κ3) is 9.62. The van der Waals surface area contributed by atoms with Crippen LogP contribution in [0.25, 0.3) is 32.2 Å². The van der Waals surface area contributed by atoms with Crippen molar-refractivity contribution in [2.24, 2.45) is 12.0 Å². The summed E-state index contributed by atoms with van der Waals surface area (Å²) in [5, 5.41) is 9.75. The van der Waals surface area contributed by atoms with E-state index in [2.05, 4.69) is 70.8 Å². The van der Waals surface area contributed by atoms with Gasteiger partial charge in [-0.3, -0.25) is 4.21 Å². The highest BCUT2D eigenvalue weighted by Gasteiger charge is 2.22. The zero-order chi connectivity index (χ0) is 30.8. The second kappa shape index (κ2) is 18.8. The minimum atomic E-state index is -1.24. The molecule has 4 rings (SSSR count). The standard InChI is InChI=1S/C18H19N5O2S3.C5H4.C4H4N2.C2H4/c1-10-21-9-13(23(10)2)11-8-12(16-20-4-6-26-16)22-17-14(11)15(19)18(27-17)28(24)7-5-25-3;1-3-5-4-2;1-2-3-6-4-5;1-2/h4,6,8-9H,5,7,19H2,1-3H3;1-2H2;3,5H,1H2;1-2H2. The highest BCUT2D eigenvalue weighted by atomic mass is 32.2. The van der Waals surface area contributed by atoms with Crippen LogP contribution in [0.3, 0.4) is 0 Å². The van der Waals surface area contributed by atoms with Gasteiger partial charge in [0.15, 0.2) is 0 Å². The predicted octanol–water partition coefficient (Wildman–Crippen LogP) is 6.57. The Kier molecular flexibility index (Phi) is 15.9. The van der Waals surface area contributed by atoms with E-state index < -0.39 is 10.8 Å². The molecular weight excluding hydrogens is 575 g/mol. The molecule has 3 N–H and O–H groups in total. The van der Waals surface area contributed by atoms with E-state index in [1.165, 1.54) is 28.9 Å². The van der Waals surface area contributed by atoms with E-state index in [1.807, 2.05) is 36.2 Å². The molecule has 41 heavy (non-hydrogen) atoms. The lowest BCUT2D eigenvalue weighted by atomic mass is 10.1. The Bertz CT molecular complexity index is 1640. The molecule has 0 aliphatic rings. The molecule has 9 nitrogen and oxygen atoms in total. The average Bonchev–Trinajstić information content (AvgIpc) is 3.73. The number of aromatic nitrogens is 4. The van der Waals surface area contributed by atoms with Crippen molar-refractivity contribution in [3.8, 4) is 22.0 Å². The number of anilines is 1. The molecule has 0 aliphatic carbocycles. The Balaban J connectivity index is 0.000000546. The Hall–Kier alpha value is -4.42. The summed E-state index contributed by atoms with van der Waals surface area (Å²) in [4.78, 5) is 17.5. The molecule has 1 atom stereocenters. The lowest BCUT2D eigenvalue weighted by Gasteiger charge is -2.08. The van der Waals surface area contributed by atoms with Crippen molar-refractivity contribution in [3.63, 3.8) is 0 Å². The Morgan fingerprint density at radius 3 is 2.44 bits per heavy atom. The molecule has 0 spiro atoms. The number of imidazole rings is 1. The number of thiophene rings is 1. The Morgan fingerprint density at radius 2 is 1.98 bits per heavy atom. The fraction of sp³-hybridized carbons (Fsp3) is 0.172. The molecule has 0 amide bonds. The third-order valence-electron chi connectivity index (χ3n) is 4.89. The number of methoxy groups -OCH3 is 1. The lowest BCUT2D eigenvalue weighted by molar-refractivity contribution is 0.218.